The number of rotatable bonds is 0. The summed E-state index contributed by atoms with van der Waals surface area (Å²) in [6.07, 6.45) is 6.73. The van der Waals surface area contributed by atoms with Crippen LogP contribution in [0.2, 0.25) is 0 Å². The number of hydrogen-bond donors (Lipinski definition) is 0. The number of hydrogen-bond acceptors (Lipinski definition) is 7. The SMILES string of the molecule is CC1CC(=O)CCCN1C(C)(C)C.CC1CCC(F)(F)CCN1C(C)(C)C.CC1CCOCCN1C(C)(C)C.CC1Cc2ccccc2CN1C(C)(C)C.CC1c2ccccc2CCN1C(C)(C)C. The highest BCUT2D eigenvalue weighted by Gasteiger charge is 2.38. The van der Waals surface area contributed by atoms with Crippen LogP contribution in [0, 0.1) is 0 Å². The largest absolute Gasteiger partial charge is 0.380 e. The molecule has 2 aromatic carbocycles. The van der Waals surface area contributed by atoms with Crippen LogP contribution in [0.5, 0.6) is 0 Å². The van der Waals surface area contributed by atoms with Gasteiger partial charge >= 0.3 is 0 Å². The molecule has 5 heterocycles. The molecule has 0 spiro atoms. The van der Waals surface area contributed by atoms with Crippen LogP contribution in [-0.2, 0) is 28.9 Å². The van der Waals surface area contributed by atoms with Crippen LogP contribution in [0.4, 0.5) is 8.78 Å². The summed E-state index contributed by atoms with van der Waals surface area (Å²) in [5.74, 6) is -2.02. The van der Waals surface area contributed by atoms with E-state index in [0.717, 1.165) is 58.5 Å². The van der Waals surface area contributed by atoms with Crippen molar-refractivity contribution in [3.8, 4) is 0 Å². The van der Waals surface area contributed by atoms with Gasteiger partial charge < -0.3 is 4.74 Å². The van der Waals surface area contributed by atoms with Crippen molar-refractivity contribution in [3.05, 3.63) is 70.8 Å². The molecular weight excluding hydrogens is 861 g/mol. The van der Waals surface area contributed by atoms with Crippen LogP contribution in [0.1, 0.15) is 212 Å². The summed E-state index contributed by atoms with van der Waals surface area (Å²) >= 11 is 0. The Labute approximate surface area is 423 Å². The maximum Gasteiger partial charge on any atom is 0.249 e. The quantitative estimate of drug-likeness (QED) is 0.261. The van der Waals surface area contributed by atoms with Gasteiger partial charge in [0.05, 0.1) is 6.61 Å². The van der Waals surface area contributed by atoms with E-state index in [0.29, 0.717) is 42.9 Å². The number of halogens is 2. The third-order valence-corrected chi connectivity index (χ3v) is 15.2. The number of alkyl halides is 2. The molecule has 5 aliphatic heterocycles. The molecular formula is C60H105F2N5O2. The molecule has 396 valence electrons. The molecule has 5 unspecified atom stereocenters. The highest BCUT2D eigenvalue weighted by Crippen LogP contribution is 2.35. The fourth-order valence-electron chi connectivity index (χ4n) is 11.6. The number of carbonyl (C=O) groups is 1. The molecule has 0 N–H and O–H groups in total. The molecule has 5 atom stereocenters. The molecule has 5 aliphatic rings. The van der Waals surface area contributed by atoms with E-state index in [1.54, 1.807) is 0 Å². The minimum absolute atomic E-state index is 0.000162. The molecule has 3 saturated heterocycles. The first-order valence-corrected chi connectivity index (χ1v) is 27.1. The second-order valence-corrected chi connectivity index (χ2v) is 26.1. The van der Waals surface area contributed by atoms with Crippen LogP contribution in [-0.4, -0.2) is 127 Å². The molecule has 0 radical (unpaired) electrons. The van der Waals surface area contributed by atoms with Gasteiger partial charge in [-0.3, -0.25) is 29.3 Å². The van der Waals surface area contributed by atoms with Gasteiger partial charge in [-0.05, 0) is 199 Å². The van der Waals surface area contributed by atoms with Gasteiger partial charge in [-0.15, -0.1) is 0 Å². The predicted octanol–water partition coefficient (Wildman–Crippen LogP) is 14.1. The van der Waals surface area contributed by atoms with E-state index in [1.165, 1.54) is 41.6 Å². The normalized spacial score (nSPS) is 26.0. The van der Waals surface area contributed by atoms with Gasteiger partial charge in [-0.2, -0.15) is 0 Å². The molecule has 9 heteroatoms. The minimum atomic E-state index is -2.45. The number of ether oxygens (including phenoxy) is 1. The average Bonchev–Trinajstić information content (AvgIpc) is 3.62. The number of ketones is 1. The Bertz CT molecular complexity index is 1820. The molecule has 0 aliphatic carbocycles. The molecule has 69 heavy (non-hydrogen) atoms. The lowest BCUT2D eigenvalue weighted by Crippen LogP contribution is -2.49. The zero-order valence-corrected chi connectivity index (χ0v) is 48.1. The van der Waals surface area contributed by atoms with Gasteiger partial charge in [0.15, 0.2) is 0 Å². The molecule has 3 fully saturated rings. The third-order valence-electron chi connectivity index (χ3n) is 15.2. The van der Waals surface area contributed by atoms with Gasteiger partial charge in [-0.1, -0.05) is 48.5 Å². The summed E-state index contributed by atoms with van der Waals surface area (Å²) in [5.41, 5.74) is 7.11. The minimum Gasteiger partial charge on any atom is -0.380 e. The van der Waals surface area contributed by atoms with Crippen LogP contribution in [0.25, 0.3) is 0 Å². The molecule has 0 amide bonds. The Morgan fingerprint density at radius 1 is 0.493 bits per heavy atom. The number of nitrogens with zero attached hydrogens (tertiary/aromatic N) is 5. The van der Waals surface area contributed by atoms with Gasteiger partial charge in [0.2, 0.25) is 5.92 Å². The first-order chi connectivity index (χ1) is 31.6. The van der Waals surface area contributed by atoms with E-state index in [2.05, 4.69) is 205 Å². The summed E-state index contributed by atoms with van der Waals surface area (Å²) in [6.45, 7) is 51.5. The van der Waals surface area contributed by atoms with Crippen molar-refractivity contribution < 1.29 is 18.3 Å². The van der Waals surface area contributed by atoms with Gasteiger partial charge in [0, 0.05) is 116 Å². The van der Waals surface area contributed by atoms with Crippen molar-refractivity contribution in [2.75, 3.05) is 39.4 Å². The van der Waals surface area contributed by atoms with Crippen LogP contribution in [0.15, 0.2) is 48.5 Å². The highest BCUT2D eigenvalue weighted by atomic mass is 19.3. The smallest absolute Gasteiger partial charge is 0.249 e. The standard InChI is InChI=1S/2C14H21N.C11H21F2N.C11H21NO.C10H21NO/c1-11-9-12-7-5-6-8-13(12)10-15(11)14(2,3)4;1-11-13-8-6-5-7-12(13)9-10-15(11)14(2,3)4;1-9-5-6-11(12,13)7-8-14(9)10(2,3)4;1-9-8-10(13)6-5-7-12(9)11(2,3)4;1-9-5-7-12-8-6-11(9)10(2,3)4/h2*5-8,11H,9-10H2,1-4H3;9H,5-8H2,1-4H3;9H,5-8H2,1-4H3;9H,5-8H2,1-4H3. The van der Waals surface area contributed by atoms with Gasteiger partial charge in [0.1, 0.15) is 5.78 Å². The second-order valence-electron chi connectivity index (χ2n) is 26.1. The summed E-state index contributed by atoms with van der Waals surface area (Å²) < 4.78 is 31.8. The highest BCUT2D eigenvalue weighted by molar-refractivity contribution is 5.79. The van der Waals surface area contributed by atoms with E-state index in [-0.39, 0.29) is 46.6 Å². The van der Waals surface area contributed by atoms with Crippen LogP contribution in [0.3, 0.4) is 0 Å². The predicted molar refractivity (Wildman–Crippen MR) is 291 cm³/mol. The number of Topliss-reactive ketones (excluding diaryl/α,β-unsaturated/α-hetero) is 1. The third kappa shape index (κ3) is 19.6. The van der Waals surface area contributed by atoms with Crippen LogP contribution < -0.4 is 0 Å². The van der Waals surface area contributed by atoms with Crippen molar-refractivity contribution in [2.24, 2.45) is 0 Å². The number of likely N-dealkylation sites (tertiary alicyclic amines) is 2. The Balaban J connectivity index is 0.000000229. The molecule has 2 aromatic rings. The van der Waals surface area contributed by atoms with Crippen molar-refractivity contribution in [3.63, 3.8) is 0 Å². The van der Waals surface area contributed by atoms with E-state index in [1.807, 2.05) is 6.92 Å². The second kappa shape index (κ2) is 25.6. The van der Waals surface area contributed by atoms with Crippen molar-refractivity contribution in [1.29, 1.82) is 0 Å². The zero-order chi connectivity index (χ0) is 52.3. The summed E-state index contributed by atoms with van der Waals surface area (Å²) in [7, 11) is 0. The van der Waals surface area contributed by atoms with Crippen molar-refractivity contribution in [1.82, 2.24) is 24.5 Å². The van der Waals surface area contributed by atoms with Gasteiger partial charge in [-0.25, -0.2) is 8.78 Å². The molecule has 7 nitrogen and oxygen atoms in total. The zero-order valence-electron chi connectivity index (χ0n) is 48.1. The fourth-order valence-corrected chi connectivity index (χ4v) is 11.6. The molecule has 0 bridgehead atoms. The Morgan fingerprint density at radius 2 is 0.971 bits per heavy atom. The van der Waals surface area contributed by atoms with E-state index in [4.69, 9.17) is 4.74 Å². The lowest BCUT2D eigenvalue weighted by Gasteiger charge is -2.44. The van der Waals surface area contributed by atoms with Crippen molar-refractivity contribution in [2.45, 2.75) is 267 Å². The number of benzene rings is 2. The van der Waals surface area contributed by atoms with Crippen LogP contribution >= 0.6 is 0 Å². The Morgan fingerprint density at radius 3 is 1.54 bits per heavy atom. The molecule has 0 aromatic heterocycles. The molecule has 0 saturated carbocycles. The van der Waals surface area contributed by atoms with Gasteiger partial charge in [0.25, 0.3) is 0 Å². The van der Waals surface area contributed by atoms with E-state index in [9.17, 15) is 13.6 Å². The average molecular weight is 967 g/mol. The molecule has 7 rings (SSSR count). The number of fused-ring (bicyclic) bond motifs is 2. The fraction of sp³-hybridized carbons (Fsp3) is 0.783. The van der Waals surface area contributed by atoms with Crippen molar-refractivity contribution >= 4 is 5.78 Å². The first kappa shape index (κ1) is 61.0. The first-order valence-electron chi connectivity index (χ1n) is 27.1. The number of carbonyl (C=O) groups excluding carboxylic acids is 1. The topological polar surface area (TPSA) is 42.5 Å². The maximum atomic E-state index is 13.2. The lowest BCUT2D eigenvalue weighted by atomic mass is 9.90. The monoisotopic (exact) mass is 966 g/mol. The maximum absolute atomic E-state index is 13.2. The summed E-state index contributed by atoms with van der Waals surface area (Å²) in [4.78, 5) is 23.7. The lowest BCUT2D eigenvalue weighted by molar-refractivity contribution is -0.119. The van der Waals surface area contributed by atoms with E-state index < -0.39 is 5.92 Å². The summed E-state index contributed by atoms with van der Waals surface area (Å²) in [6, 6.07) is 20.2. The Kier molecular flexibility index (Phi) is 22.6. The summed E-state index contributed by atoms with van der Waals surface area (Å²) in [5, 5.41) is 0. The van der Waals surface area contributed by atoms with E-state index >= 15 is 0 Å². The Hall–Kier alpha value is -2.27.